The summed E-state index contributed by atoms with van der Waals surface area (Å²) in [6.07, 6.45) is 0.880. The number of hydrogen-bond acceptors (Lipinski definition) is 7. The largest absolute Gasteiger partial charge is 0.493 e. The van der Waals surface area contributed by atoms with Crippen LogP contribution in [-0.4, -0.2) is 69.4 Å². The van der Waals surface area contributed by atoms with Crippen molar-refractivity contribution in [2.45, 2.75) is 13.3 Å². The van der Waals surface area contributed by atoms with E-state index < -0.39 is 0 Å². The molecule has 1 aliphatic rings. The molecule has 1 fully saturated rings. The average molecular weight is 389 g/mol. The Kier molecular flexibility index (Phi) is 6.89. The minimum Gasteiger partial charge on any atom is -0.493 e. The zero-order chi connectivity index (χ0) is 19.9. The molecule has 2 aromatic rings. The first-order chi connectivity index (χ1) is 13.6. The van der Waals surface area contributed by atoms with Crippen LogP contribution >= 0.6 is 0 Å². The summed E-state index contributed by atoms with van der Waals surface area (Å²) in [7, 11) is 3.15. The van der Waals surface area contributed by atoms with Gasteiger partial charge in [-0.1, -0.05) is 0 Å². The third-order valence-corrected chi connectivity index (χ3v) is 4.68. The van der Waals surface area contributed by atoms with Crippen LogP contribution < -0.4 is 14.8 Å². The second kappa shape index (κ2) is 9.57. The number of aromatic nitrogens is 1. The first kappa shape index (κ1) is 20.2. The van der Waals surface area contributed by atoms with E-state index in [0.29, 0.717) is 41.0 Å². The Bertz CT molecular complexity index is 799. The van der Waals surface area contributed by atoms with Crippen LogP contribution in [-0.2, 0) is 4.74 Å². The molecule has 8 heteroatoms. The Hall–Kier alpha value is -2.58. The smallest absolute Gasteiger partial charge is 0.273 e. The lowest BCUT2D eigenvalue weighted by Crippen LogP contribution is -2.38. The van der Waals surface area contributed by atoms with Crippen LogP contribution in [0.25, 0.3) is 11.5 Å². The van der Waals surface area contributed by atoms with Crippen molar-refractivity contribution in [3.8, 4) is 23.0 Å². The van der Waals surface area contributed by atoms with Crippen molar-refractivity contribution < 1.29 is 23.4 Å². The number of morpholine rings is 1. The number of carbonyl (C=O) groups is 1. The van der Waals surface area contributed by atoms with Gasteiger partial charge in [-0.2, -0.15) is 0 Å². The van der Waals surface area contributed by atoms with E-state index in [0.717, 1.165) is 39.3 Å². The molecule has 0 bridgehead atoms. The van der Waals surface area contributed by atoms with Gasteiger partial charge in [-0.15, -0.1) is 0 Å². The lowest BCUT2D eigenvalue weighted by molar-refractivity contribution is 0.0374. The molecular formula is C20H27N3O5. The molecule has 152 valence electrons. The number of rotatable bonds is 8. The third-order valence-electron chi connectivity index (χ3n) is 4.68. The van der Waals surface area contributed by atoms with Gasteiger partial charge in [-0.25, -0.2) is 4.98 Å². The quantitative estimate of drug-likeness (QED) is 0.692. The highest BCUT2D eigenvalue weighted by Gasteiger charge is 2.19. The second-order valence-electron chi connectivity index (χ2n) is 6.56. The number of oxazole rings is 1. The van der Waals surface area contributed by atoms with E-state index >= 15 is 0 Å². The molecule has 28 heavy (non-hydrogen) atoms. The van der Waals surface area contributed by atoms with Gasteiger partial charge in [0.25, 0.3) is 5.91 Å². The fourth-order valence-corrected chi connectivity index (χ4v) is 3.11. The maximum Gasteiger partial charge on any atom is 0.273 e. The molecule has 1 aromatic heterocycles. The van der Waals surface area contributed by atoms with Crippen molar-refractivity contribution >= 4 is 5.91 Å². The number of hydrogen-bond donors (Lipinski definition) is 1. The molecule has 1 N–H and O–H groups in total. The average Bonchev–Trinajstić information content (AvgIpc) is 3.13. The topological polar surface area (TPSA) is 86.1 Å². The van der Waals surface area contributed by atoms with E-state index in [2.05, 4.69) is 15.2 Å². The summed E-state index contributed by atoms with van der Waals surface area (Å²) in [5, 5.41) is 2.92. The normalized spacial score (nSPS) is 14.7. The molecule has 1 amide bonds. The highest BCUT2D eigenvalue weighted by molar-refractivity contribution is 5.93. The highest BCUT2D eigenvalue weighted by Crippen LogP contribution is 2.32. The number of nitrogens with one attached hydrogen (secondary N) is 1. The van der Waals surface area contributed by atoms with Gasteiger partial charge in [0.1, 0.15) is 5.76 Å². The van der Waals surface area contributed by atoms with Gasteiger partial charge in [0.2, 0.25) is 5.89 Å². The summed E-state index contributed by atoms with van der Waals surface area (Å²) in [6.45, 7) is 6.73. The van der Waals surface area contributed by atoms with Crippen LogP contribution in [0.15, 0.2) is 22.6 Å². The molecule has 1 aromatic carbocycles. The number of benzene rings is 1. The molecule has 2 heterocycles. The first-order valence-electron chi connectivity index (χ1n) is 9.40. The maximum atomic E-state index is 12.5. The SMILES string of the molecule is COc1ccc(-c2nc(C(=O)NCCCN3CCOCC3)c(C)o2)cc1OC. The molecule has 0 saturated carbocycles. The van der Waals surface area contributed by atoms with Crippen LogP contribution in [0.1, 0.15) is 22.7 Å². The molecular weight excluding hydrogens is 362 g/mol. The number of amides is 1. The van der Waals surface area contributed by atoms with Crippen molar-refractivity contribution in [1.82, 2.24) is 15.2 Å². The number of ether oxygens (including phenoxy) is 3. The Morgan fingerprint density at radius 2 is 1.96 bits per heavy atom. The number of nitrogens with zero attached hydrogens (tertiary/aromatic N) is 2. The Balaban J connectivity index is 1.59. The van der Waals surface area contributed by atoms with Crippen molar-refractivity contribution in [3.63, 3.8) is 0 Å². The fourth-order valence-electron chi connectivity index (χ4n) is 3.11. The molecule has 1 saturated heterocycles. The molecule has 0 spiro atoms. The summed E-state index contributed by atoms with van der Waals surface area (Å²) >= 11 is 0. The van der Waals surface area contributed by atoms with Gasteiger partial charge < -0.3 is 23.9 Å². The lowest BCUT2D eigenvalue weighted by atomic mass is 10.2. The van der Waals surface area contributed by atoms with E-state index in [1.165, 1.54) is 0 Å². The number of aryl methyl sites for hydroxylation is 1. The van der Waals surface area contributed by atoms with Crippen molar-refractivity contribution in [1.29, 1.82) is 0 Å². The van der Waals surface area contributed by atoms with Gasteiger partial charge in [0.05, 0.1) is 27.4 Å². The lowest BCUT2D eigenvalue weighted by Gasteiger charge is -2.26. The van der Waals surface area contributed by atoms with E-state index in [-0.39, 0.29) is 5.91 Å². The molecule has 8 nitrogen and oxygen atoms in total. The van der Waals surface area contributed by atoms with Gasteiger partial charge in [0, 0.05) is 25.2 Å². The van der Waals surface area contributed by atoms with E-state index in [1.54, 1.807) is 33.3 Å². The Morgan fingerprint density at radius 3 is 2.68 bits per heavy atom. The number of carbonyl (C=O) groups excluding carboxylic acids is 1. The Morgan fingerprint density at radius 1 is 1.21 bits per heavy atom. The number of methoxy groups -OCH3 is 2. The fraction of sp³-hybridized carbons (Fsp3) is 0.500. The van der Waals surface area contributed by atoms with E-state index in [1.807, 2.05) is 6.07 Å². The predicted octanol–water partition coefficient (Wildman–Crippen LogP) is 2.12. The summed E-state index contributed by atoms with van der Waals surface area (Å²) in [5.41, 5.74) is 1.02. The van der Waals surface area contributed by atoms with Crippen LogP contribution in [0.3, 0.4) is 0 Å². The van der Waals surface area contributed by atoms with Gasteiger partial charge in [-0.3, -0.25) is 9.69 Å². The standard InChI is InChI=1S/C20H27N3O5/c1-14-18(19(24)21-7-4-8-23-9-11-27-12-10-23)22-20(28-14)15-5-6-16(25-2)17(13-15)26-3/h5-6,13H,4,7-12H2,1-3H3,(H,21,24). The van der Waals surface area contributed by atoms with Crippen molar-refractivity contribution in [2.75, 3.05) is 53.6 Å². The summed E-state index contributed by atoms with van der Waals surface area (Å²) in [6, 6.07) is 5.36. The molecule has 1 aliphatic heterocycles. The van der Waals surface area contributed by atoms with Gasteiger partial charge >= 0.3 is 0 Å². The van der Waals surface area contributed by atoms with E-state index in [9.17, 15) is 4.79 Å². The minimum absolute atomic E-state index is 0.227. The Labute approximate surface area is 164 Å². The predicted molar refractivity (Wildman–Crippen MR) is 104 cm³/mol. The minimum atomic E-state index is -0.227. The van der Waals surface area contributed by atoms with Crippen molar-refractivity contribution in [2.24, 2.45) is 0 Å². The zero-order valence-corrected chi connectivity index (χ0v) is 16.6. The molecule has 0 atom stereocenters. The van der Waals surface area contributed by atoms with Gasteiger partial charge in [0.15, 0.2) is 17.2 Å². The summed E-state index contributed by atoms with van der Waals surface area (Å²) in [4.78, 5) is 19.2. The molecule has 0 aliphatic carbocycles. The van der Waals surface area contributed by atoms with Crippen LogP contribution in [0.2, 0.25) is 0 Å². The van der Waals surface area contributed by atoms with E-state index in [4.69, 9.17) is 18.6 Å². The van der Waals surface area contributed by atoms with Crippen LogP contribution in [0.4, 0.5) is 0 Å². The molecule has 0 unspecified atom stereocenters. The van der Waals surface area contributed by atoms with Gasteiger partial charge in [-0.05, 0) is 38.1 Å². The second-order valence-corrected chi connectivity index (χ2v) is 6.56. The third kappa shape index (κ3) is 4.82. The monoisotopic (exact) mass is 389 g/mol. The van der Waals surface area contributed by atoms with Crippen molar-refractivity contribution in [3.05, 3.63) is 29.7 Å². The summed E-state index contributed by atoms with van der Waals surface area (Å²) < 4.78 is 21.6. The first-order valence-corrected chi connectivity index (χ1v) is 9.40. The molecule has 0 radical (unpaired) electrons. The highest BCUT2D eigenvalue weighted by atomic mass is 16.5. The maximum absolute atomic E-state index is 12.5. The van der Waals surface area contributed by atoms with Crippen LogP contribution in [0.5, 0.6) is 11.5 Å². The zero-order valence-electron chi connectivity index (χ0n) is 16.6. The molecule has 3 rings (SSSR count). The summed E-state index contributed by atoms with van der Waals surface area (Å²) in [5.74, 6) is 1.82. The van der Waals surface area contributed by atoms with Crippen LogP contribution in [0, 0.1) is 6.92 Å².